The zero-order valence-corrected chi connectivity index (χ0v) is 3.96. The Kier molecular flexibility index (Phi) is 0.997. The highest BCUT2D eigenvalue weighted by atomic mass is 16.6. The Labute approximate surface area is 44.4 Å². The van der Waals surface area contributed by atoms with E-state index in [-0.39, 0.29) is 5.89 Å². The summed E-state index contributed by atoms with van der Waals surface area (Å²) in [5.41, 5.74) is 0. The molecule has 4 nitrogen and oxygen atoms in total. The highest BCUT2D eigenvalue weighted by Gasteiger charge is 1.93. The van der Waals surface area contributed by atoms with Gasteiger partial charge in [-0.25, -0.2) is 4.79 Å². The fourth-order valence-corrected chi connectivity index (χ4v) is 0.284. The van der Waals surface area contributed by atoms with Crippen LogP contribution >= 0.6 is 0 Å². The molecular formula is C4H3NO3. The summed E-state index contributed by atoms with van der Waals surface area (Å²) >= 11 is 0. The van der Waals surface area contributed by atoms with Crippen LogP contribution in [0.15, 0.2) is 20.3 Å². The van der Waals surface area contributed by atoms with Crippen LogP contribution in [0.2, 0.25) is 0 Å². The molecule has 0 aromatic carbocycles. The highest BCUT2D eigenvalue weighted by molar-refractivity contribution is 5.31. The number of rotatable bonds is 1. The van der Waals surface area contributed by atoms with E-state index in [2.05, 4.69) is 20.7 Å². The Bertz CT molecular complexity index is 233. The normalized spacial score (nSPS) is 9.00. The number of hydrogen-bond acceptors (Lipinski definition) is 4. The van der Waals surface area contributed by atoms with Crippen molar-refractivity contribution in [1.82, 2.24) is 5.16 Å². The van der Waals surface area contributed by atoms with Crippen LogP contribution in [0.4, 0.5) is 0 Å². The molecule has 0 N–H and O–H groups in total. The Balaban J connectivity index is 3.18. The van der Waals surface area contributed by atoms with Crippen LogP contribution in [0.3, 0.4) is 0 Å². The lowest BCUT2D eigenvalue weighted by Gasteiger charge is -1.65. The molecule has 0 amide bonds. The molecule has 0 spiro atoms. The molecule has 4 heteroatoms. The van der Waals surface area contributed by atoms with Crippen LogP contribution in [0.25, 0.3) is 6.08 Å². The first-order chi connectivity index (χ1) is 3.83. The van der Waals surface area contributed by atoms with E-state index in [4.69, 9.17) is 0 Å². The zero-order valence-electron chi connectivity index (χ0n) is 3.96. The van der Waals surface area contributed by atoms with Crippen molar-refractivity contribution in [2.45, 2.75) is 0 Å². The molecule has 42 valence electrons. The Morgan fingerprint density at radius 2 is 2.50 bits per heavy atom. The summed E-state index contributed by atoms with van der Waals surface area (Å²) in [6.45, 7) is 3.29. The summed E-state index contributed by atoms with van der Waals surface area (Å²) < 4.78 is 8.29. The van der Waals surface area contributed by atoms with Gasteiger partial charge in [-0.2, -0.15) is 0 Å². The van der Waals surface area contributed by atoms with Gasteiger partial charge >= 0.3 is 5.82 Å². The molecule has 1 aromatic heterocycles. The standard InChI is InChI=1S/C4H3NO3/c1-2-3-5-8-4(6)7-3/h2H,1H2. The van der Waals surface area contributed by atoms with Crippen LogP contribution in [0.5, 0.6) is 0 Å². The van der Waals surface area contributed by atoms with E-state index in [1.165, 1.54) is 6.08 Å². The molecule has 0 unspecified atom stereocenters. The summed E-state index contributed by atoms with van der Waals surface area (Å²) in [5.74, 6) is -0.699. The van der Waals surface area contributed by atoms with Crippen molar-refractivity contribution in [3.8, 4) is 0 Å². The molecular weight excluding hydrogens is 110 g/mol. The second kappa shape index (κ2) is 1.65. The Hall–Kier alpha value is -1.32. The predicted molar refractivity (Wildman–Crippen MR) is 25.1 cm³/mol. The summed E-state index contributed by atoms with van der Waals surface area (Å²) in [7, 11) is 0. The molecule has 0 aliphatic carbocycles. The average molecular weight is 113 g/mol. The van der Waals surface area contributed by atoms with Gasteiger partial charge in [-0.3, -0.25) is 4.52 Å². The lowest BCUT2D eigenvalue weighted by molar-refractivity contribution is 0.335. The third-order valence-corrected chi connectivity index (χ3v) is 0.573. The van der Waals surface area contributed by atoms with Gasteiger partial charge in [0, 0.05) is 0 Å². The van der Waals surface area contributed by atoms with Gasteiger partial charge in [0.1, 0.15) is 0 Å². The molecule has 0 radical (unpaired) electrons. The van der Waals surface area contributed by atoms with Crippen molar-refractivity contribution >= 4 is 6.08 Å². The van der Waals surface area contributed by atoms with Gasteiger partial charge < -0.3 is 4.42 Å². The van der Waals surface area contributed by atoms with Crippen LogP contribution in [-0.2, 0) is 0 Å². The topological polar surface area (TPSA) is 56.2 Å². The molecule has 0 bridgehead atoms. The second-order valence-corrected chi connectivity index (χ2v) is 1.08. The van der Waals surface area contributed by atoms with Crippen molar-refractivity contribution in [2.24, 2.45) is 0 Å². The number of aromatic nitrogens is 1. The third-order valence-electron chi connectivity index (χ3n) is 0.573. The van der Waals surface area contributed by atoms with E-state index in [0.29, 0.717) is 0 Å². The highest BCUT2D eigenvalue weighted by Crippen LogP contribution is 1.87. The van der Waals surface area contributed by atoms with Crippen molar-refractivity contribution in [1.29, 1.82) is 0 Å². The fraction of sp³-hybridized carbons (Fsp3) is 0. The van der Waals surface area contributed by atoms with Gasteiger partial charge in [-0.1, -0.05) is 6.58 Å². The van der Waals surface area contributed by atoms with E-state index in [9.17, 15) is 4.79 Å². The first-order valence-electron chi connectivity index (χ1n) is 1.92. The van der Waals surface area contributed by atoms with Crippen molar-refractivity contribution in [2.75, 3.05) is 0 Å². The van der Waals surface area contributed by atoms with E-state index < -0.39 is 5.82 Å². The summed E-state index contributed by atoms with van der Waals surface area (Å²) in [6.07, 6.45) is 1.28. The lowest BCUT2D eigenvalue weighted by atomic mass is 10.7. The minimum Gasteiger partial charge on any atom is -0.371 e. The van der Waals surface area contributed by atoms with E-state index in [1.54, 1.807) is 0 Å². The maximum Gasteiger partial charge on any atom is 0.542 e. The Morgan fingerprint density at radius 3 is 2.75 bits per heavy atom. The zero-order chi connectivity index (χ0) is 5.98. The van der Waals surface area contributed by atoms with Gasteiger partial charge in [-0.05, 0) is 11.2 Å². The minimum atomic E-state index is -0.806. The third kappa shape index (κ3) is 0.676. The molecule has 0 saturated heterocycles. The minimum absolute atomic E-state index is 0.106. The van der Waals surface area contributed by atoms with Gasteiger partial charge in [-0.15, -0.1) is 0 Å². The summed E-state index contributed by atoms with van der Waals surface area (Å²) in [4.78, 5) is 10.0. The maximum atomic E-state index is 10.0. The largest absolute Gasteiger partial charge is 0.542 e. The van der Waals surface area contributed by atoms with Crippen LogP contribution in [0, 0.1) is 0 Å². The van der Waals surface area contributed by atoms with Crippen molar-refractivity contribution in [3.63, 3.8) is 0 Å². The Morgan fingerprint density at radius 1 is 1.75 bits per heavy atom. The maximum absolute atomic E-state index is 10.0. The summed E-state index contributed by atoms with van der Waals surface area (Å²) in [6, 6.07) is 0. The van der Waals surface area contributed by atoms with Gasteiger partial charge in [0.05, 0.1) is 0 Å². The SMILES string of the molecule is C=Cc1noc(=O)o1. The second-order valence-electron chi connectivity index (χ2n) is 1.08. The van der Waals surface area contributed by atoms with Gasteiger partial charge in [0.25, 0.3) is 5.89 Å². The molecule has 0 fully saturated rings. The van der Waals surface area contributed by atoms with Gasteiger partial charge in [0.15, 0.2) is 0 Å². The average Bonchev–Trinajstić information content (AvgIpc) is 2.14. The predicted octanol–water partition coefficient (Wildman–Crippen LogP) is 0.271. The first-order valence-corrected chi connectivity index (χ1v) is 1.92. The van der Waals surface area contributed by atoms with E-state index in [0.717, 1.165) is 0 Å². The summed E-state index contributed by atoms with van der Waals surface area (Å²) in [5, 5.41) is 3.16. The smallest absolute Gasteiger partial charge is 0.371 e. The van der Waals surface area contributed by atoms with Crippen LogP contribution < -0.4 is 5.82 Å². The van der Waals surface area contributed by atoms with Crippen molar-refractivity contribution < 1.29 is 8.94 Å². The quantitative estimate of drug-likeness (QED) is 0.524. The first kappa shape index (κ1) is 4.83. The molecule has 1 rings (SSSR count). The number of nitrogens with zero attached hydrogens (tertiary/aromatic N) is 1. The number of hydrogen-bond donors (Lipinski definition) is 0. The monoisotopic (exact) mass is 113 g/mol. The lowest BCUT2D eigenvalue weighted by Crippen LogP contribution is -1.84. The molecule has 0 atom stereocenters. The van der Waals surface area contributed by atoms with Crippen LogP contribution in [-0.4, -0.2) is 5.16 Å². The molecule has 0 saturated carbocycles. The molecule has 1 aromatic rings. The van der Waals surface area contributed by atoms with E-state index in [1.807, 2.05) is 0 Å². The molecule has 0 aliphatic rings. The van der Waals surface area contributed by atoms with Crippen molar-refractivity contribution in [3.05, 3.63) is 23.1 Å². The van der Waals surface area contributed by atoms with Crippen LogP contribution in [0.1, 0.15) is 5.89 Å². The molecule has 8 heavy (non-hydrogen) atoms. The fourth-order valence-electron chi connectivity index (χ4n) is 0.284. The van der Waals surface area contributed by atoms with E-state index >= 15 is 0 Å². The van der Waals surface area contributed by atoms with Gasteiger partial charge in [0.2, 0.25) is 0 Å². The molecule has 1 heterocycles. The molecule has 0 aliphatic heterocycles.